The average molecular weight is 1120 g/mol. The van der Waals surface area contributed by atoms with Gasteiger partial charge in [-0.2, -0.15) is 0 Å². The summed E-state index contributed by atoms with van der Waals surface area (Å²) in [5, 5.41) is 1.47. The fraction of sp³-hybridized carbons (Fsp3) is 0.149. The van der Waals surface area contributed by atoms with Gasteiger partial charge in [-0.05, 0) is 210 Å². The fourth-order valence-corrected chi connectivity index (χ4v) is 15.0. The number of allylic oxidation sites excluding steroid dienone is 1. The Morgan fingerprint density at radius 1 is 0.624 bits per heavy atom. The lowest BCUT2D eigenvalue weighted by Crippen LogP contribution is -2.60. The van der Waals surface area contributed by atoms with Gasteiger partial charge in [0.05, 0.1) is 11.2 Å². The van der Waals surface area contributed by atoms with Crippen LogP contribution in [0.3, 0.4) is 0 Å². The van der Waals surface area contributed by atoms with Crippen molar-refractivity contribution in [3.8, 4) is 28.1 Å². The normalized spacial score (nSPS) is 16.8. The van der Waals surface area contributed by atoms with Crippen LogP contribution in [0.4, 0.5) is 31.4 Å². The molecule has 0 saturated carbocycles. The van der Waals surface area contributed by atoms with E-state index in [4.69, 9.17) is 4.74 Å². The first-order valence-electron chi connectivity index (χ1n) is 29.3. The van der Waals surface area contributed by atoms with Gasteiger partial charge in [0.25, 0.3) is 11.8 Å². The second-order valence-electron chi connectivity index (χ2n) is 23.5. The van der Waals surface area contributed by atoms with E-state index in [0.29, 0.717) is 70.7 Å². The number of esters is 1. The Labute approximate surface area is 492 Å². The topological polar surface area (TPSA) is 75.1 Å². The van der Waals surface area contributed by atoms with E-state index >= 15 is 8.63 Å². The molecule has 0 saturated heterocycles. The van der Waals surface area contributed by atoms with Crippen LogP contribution in [0.15, 0.2) is 217 Å². The van der Waals surface area contributed by atoms with Crippen molar-refractivity contribution in [2.24, 2.45) is 0 Å². The summed E-state index contributed by atoms with van der Waals surface area (Å²) in [4.78, 5) is 47.3. The lowest BCUT2D eigenvalue weighted by molar-refractivity contribution is -0.134. The zero-order chi connectivity index (χ0) is 58.2. The summed E-state index contributed by atoms with van der Waals surface area (Å²) in [5.74, 6) is -0.766. The minimum atomic E-state index is -4.36. The second kappa shape index (κ2) is 19.4. The van der Waals surface area contributed by atoms with E-state index in [9.17, 15) is 14.4 Å². The quantitative estimate of drug-likeness (QED) is 0.0556. The van der Waals surface area contributed by atoms with Gasteiger partial charge in [0, 0.05) is 69.1 Å². The van der Waals surface area contributed by atoms with E-state index in [1.807, 2.05) is 162 Å². The van der Waals surface area contributed by atoms with Crippen LogP contribution >= 0.6 is 0 Å². The molecule has 4 heterocycles. The van der Waals surface area contributed by atoms with Crippen molar-refractivity contribution in [1.82, 2.24) is 9.29 Å². The van der Waals surface area contributed by atoms with Crippen LogP contribution in [0.25, 0.3) is 38.7 Å². The number of carbonyl (C=O) groups is 3. The number of halogens is 2. The van der Waals surface area contributed by atoms with Crippen molar-refractivity contribution < 1.29 is 27.8 Å². The first kappa shape index (κ1) is 52.0. The molecule has 0 fully saturated rings. The van der Waals surface area contributed by atoms with Gasteiger partial charge in [-0.15, -0.1) is 0 Å². The summed E-state index contributed by atoms with van der Waals surface area (Å²) in [5.41, 5.74) is 18.8. The molecule has 10 aromatic rings. The Balaban J connectivity index is 0.656. The number of ether oxygens (including phenoxy) is 1. The van der Waals surface area contributed by atoms with Crippen molar-refractivity contribution in [3.63, 3.8) is 0 Å². The largest absolute Gasteiger partial charge is 0.530 e. The smallest absolute Gasteiger partial charge is 0.457 e. The highest BCUT2D eigenvalue weighted by atomic mass is 19.2. The number of benzene rings is 9. The lowest BCUT2D eigenvalue weighted by atomic mass is 9.76. The van der Waals surface area contributed by atoms with Crippen LogP contribution in [0, 0.1) is 20.8 Å². The minimum Gasteiger partial charge on any atom is -0.457 e. The number of para-hydroxylation sites is 2. The third-order valence-electron chi connectivity index (χ3n) is 18.7. The van der Waals surface area contributed by atoms with Crippen LogP contribution in [0.2, 0.25) is 0 Å². The lowest BCUT2D eigenvalue weighted by Gasteiger charge is -2.54. The molecular formula is C74H58BF2N4O4-. The van der Waals surface area contributed by atoms with E-state index in [0.717, 1.165) is 106 Å². The standard InChI is InChI=1S/C74H58BF2N4O4/c1-44-40-56(41-45(2)66(44)68-69-46(3)62-42-50-19-12-14-25-58(50)71(62)80(69)75(76,77)81-70(68)47(4)64-43-51-20-13-15-28-63(51)74(64,81)5)85-65(82)29-16-18-48-30-34-55(35-31-48)79-72(83)60-27-17-26-59-57(38-39-61(67(59)60)73(79)84)49-32-36-54(37-33-49)78(52-21-8-6-9-22-52)53-23-10-7-11-24-53/h6-15,17,19-28,30-41H,16,18,29,42-43H2,1-5H3/q-1. The van der Waals surface area contributed by atoms with Gasteiger partial charge < -0.3 is 27.6 Å². The highest BCUT2D eigenvalue weighted by molar-refractivity contribution is 6.64. The highest BCUT2D eigenvalue weighted by Crippen LogP contribution is 2.62. The maximum atomic E-state index is 18.3. The number of carbonyl (C=O) groups excluding carboxylic acids is 3. The van der Waals surface area contributed by atoms with Crippen molar-refractivity contribution in [2.75, 3.05) is 9.80 Å². The Morgan fingerprint density at radius 2 is 1.22 bits per heavy atom. The van der Waals surface area contributed by atoms with Gasteiger partial charge in [-0.3, -0.25) is 14.4 Å². The summed E-state index contributed by atoms with van der Waals surface area (Å²) in [6, 6.07) is 65.3. The molecule has 11 heteroatoms. The number of aromatic nitrogens is 1. The maximum Gasteiger partial charge on any atom is 0.530 e. The number of amides is 2. The molecule has 1 atom stereocenters. The van der Waals surface area contributed by atoms with E-state index < -0.39 is 12.5 Å². The molecule has 1 aromatic heterocycles. The molecule has 2 aliphatic carbocycles. The number of imide groups is 1. The Bertz CT molecular complexity index is 4500. The molecule has 1 unspecified atom stereocenters. The first-order chi connectivity index (χ1) is 41.2. The molecule has 85 heavy (non-hydrogen) atoms. The fourth-order valence-electron chi connectivity index (χ4n) is 15.0. The highest BCUT2D eigenvalue weighted by Gasteiger charge is 2.60. The molecule has 0 bridgehead atoms. The molecule has 0 radical (unpaired) electrons. The van der Waals surface area contributed by atoms with Crippen molar-refractivity contribution in [3.05, 3.63) is 284 Å². The molecule has 15 rings (SSSR count). The van der Waals surface area contributed by atoms with Gasteiger partial charge in [-0.25, -0.2) is 4.90 Å². The number of rotatable bonds is 11. The molecule has 9 aromatic carbocycles. The van der Waals surface area contributed by atoms with Crippen LogP contribution < -0.4 is 14.5 Å². The van der Waals surface area contributed by atoms with Gasteiger partial charge in [0.1, 0.15) is 5.75 Å². The van der Waals surface area contributed by atoms with Gasteiger partial charge >= 0.3 is 12.9 Å². The average Bonchev–Trinajstić information content (AvgIpc) is 1.51. The summed E-state index contributed by atoms with van der Waals surface area (Å²) in [7, 11) is 0. The summed E-state index contributed by atoms with van der Waals surface area (Å²) in [6.45, 7) is 5.60. The van der Waals surface area contributed by atoms with Gasteiger partial charge in [0.2, 0.25) is 0 Å². The SMILES string of the molecule is CC1=C2Cc3ccccc3C2(C)N2C1=C(c1c(C)cc(OC(=O)CCCc3ccc(N4C(=O)c5cccc6c(-c7ccc(N(c8ccccc8)c8ccccc8)cc7)ccc(c56)C4=O)cc3)cc1C)c1c(C)c3c(n1[B-]2(F)F)-c1ccccc1C3. The summed E-state index contributed by atoms with van der Waals surface area (Å²) >= 11 is 0. The minimum absolute atomic E-state index is 0.144. The molecule has 2 amide bonds. The van der Waals surface area contributed by atoms with E-state index in [1.54, 1.807) is 18.2 Å². The van der Waals surface area contributed by atoms with E-state index in [2.05, 4.69) is 59.5 Å². The molecule has 8 nitrogen and oxygen atoms in total. The van der Waals surface area contributed by atoms with Crippen LogP contribution in [-0.2, 0) is 29.6 Å². The van der Waals surface area contributed by atoms with Crippen molar-refractivity contribution in [2.45, 2.75) is 72.3 Å². The van der Waals surface area contributed by atoms with Crippen LogP contribution in [0.1, 0.15) is 103 Å². The molecule has 0 N–H and O–H groups in total. The third kappa shape index (κ3) is 7.75. The zero-order valence-electron chi connectivity index (χ0n) is 47.8. The number of fused-ring (bicyclic) bond motifs is 10. The van der Waals surface area contributed by atoms with Crippen molar-refractivity contribution >= 4 is 63.8 Å². The molecule has 416 valence electrons. The van der Waals surface area contributed by atoms with Gasteiger partial charge in [0.15, 0.2) is 0 Å². The Kier molecular flexibility index (Phi) is 11.8. The second-order valence-corrected chi connectivity index (χ2v) is 23.5. The summed E-state index contributed by atoms with van der Waals surface area (Å²) < 4.78 is 44.1. The predicted molar refractivity (Wildman–Crippen MR) is 335 cm³/mol. The first-order valence-corrected chi connectivity index (χ1v) is 29.3. The Morgan fingerprint density at radius 3 is 1.92 bits per heavy atom. The number of hydrogen-bond acceptors (Lipinski definition) is 6. The maximum absolute atomic E-state index is 18.3. The summed E-state index contributed by atoms with van der Waals surface area (Å²) in [6.07, 6.45) is 2.39. The van der Waals surface area contributed by atoms with E-state index in [-0.39, 0.29) is 24.2 Å². The van der Waals surface area contributed by atoms with Gasteiger partial charge in [-0.1, -0.05) is 127 Å². The number of aryl methyl sites for hydroxylation is 3. The Hall–Kier alpha value is -9.87. The van der Waals surface area contributed by atoms with Crippen molar-refractivity contribution in [1.29, 1.82) is 0 Å². The number of anilines is 4. The van der Waals surface area contributed by atoms with E-state index in [1.165, 1.54) is 14.2 Å². The van der Waals surface area contributed by atoms with Crippen LogP contribution in [0.5, 0.6) is 5.75 Å². The zero-order valence-corrected chi connectivity index (χ0v) is 47.8. The molecule has 3 aliphatic heterocycles. The third-order valence-corrected chi connectivity index (χ3v) is 18.7. The number of nitrogens with zero attached hydrogens (tertiary/aromatic N) is 4. The monoisotopic (exact) mass is 1120 g/mol. The molecule has 0 spiro atoms. The number of hydrogen-bond donors (Lipinski definition) is 0. The molecule has 5 aliphatic rings. The van der Waals surface area contributed by atoms with Crippen LogP contribution in [-0.4, -0.2) is 34.0 Å². The predicted octanol–water partition coefficient (Wildman–Crippen LogP) is 17.1. The molecular weight excluding hydrogens is 1060 g/mol.